The highest BCUT2D eigenvalue weighted by molar-refractivity contribution is 9.10. The van der Waals surface area contributed by atoms with E-state index in [-0.39, 0.29) is 30.2 Å². The standard InChI is InChI=1S/C29H27BrFN5OS/c1-18-16-24(19(2)36(18)23-7-5-6-20(30)17-23)28-27(25-8-3-4-14-32-25)34-29(38)35(28)15-13-26(37)33-22-11-9-21(31)10-12-22/h3-12,14,16-17,27-28H,13,15H2,1-2H3,(H,33,37)(H,34,38)/t27-,28+/m1/s1. The first-order chi connectivity index (χ1) is 18.3. The van der Waals surface area contributed by atoms with E-state index in [1.165, 1.54) is 12.1 Å². The van der Waals surface area contributed by atoms with Gasteiger partial charge in [0, 0.05) is 46.4 Å². The van der Waals surface area contributed by atoms with E-state index in [0.29, 0.717) is 17.3 Å². The molecule has 0 spiro atoms. The third-order valence-corrected chi connectivity index (χ3v) is 7.61. The summed E-state index contributed by atoms with van der Waals surface area (Å²) in [7, 11) is 0. The molecule has 6 nitrogen and oxygen atoms in total. The third kappa shape index (κ3) is 5.35. The van der Waals surface area contributed by atoms with Crippen molar-refractivity contribution in [2.45, 2.75) is 32.4 Å². The second-order valence-electron chi connectivity index (χ2n) is 9.27. The molecular formula is C29H27BrFN5OS. The van der Waals surface area contributed by atoms with Crippen molar-refractivity contribution < 1.29 is 9.18 Å². The Morgan fingerprint density at radius 1 is 1.11 bits per heavy atom. The number of amides is 1. The lowest BCUT2D eigenvalue weighted by Crippen LogP contribution is -2.32. The van der Waals surface area contributed by atoms with Crippen LogP contribution in [0.5, 0.6) is 0 Å². The Kier molecular flexibility index (Phi) is 7.58. The molecule has 194 valence electrons. The Morgan fingerprint density at radius 3 is 2.61 bits per heavy atom. The molecule has 0 unspecified atom stereocenters. The number of rotatable bonds is 7. The molecule has 9 heteroatoms. The molecule has 1 aliphatic rings. The van der Waals surface area contributed by atoms with E-state index in [9.17, 15) is 9.18 Å². The van der Waals surface area contributed by atoms with Gasteiger partial charge in [0.1, 0.15) is 5.82 Å². The van der Waals surface area contributed by atoms with Gasteiger partial charge in [-0.1, -0.05) is 28.1 Å². The monoisotopic (exact) mass is 591 g/mol. The molecule has 2 aromatic heterocycles. The fourth-order valence-electron chi connectivity index (χ4n) is 5.06. The molecule has 38 heavy (non-hydrogen) atoms. The smallest absolute Gasteiger partial charge is 0.226 e. The van der Waals surface area contributed by atoms with Gasteiger partial charge in [-0.25, -0.2) is 4.39 Å². The highest BCUT2D eigenvalue weighted by Crippen LogP contribution is 2.41. The Morgan fingerprint density at radius 2 is 1.89 bits per heavy atom. The van der Waals surface area contributed by atoms with Gasteiger partial charge in [0.05, 0.1) is 17.8 Å². The van der Waals surface area contributed by atoms with E-state index in [1.54, 1.807) is 18.3 Å². The molecule has 3 heterocycles. The van der Waals surface area contributed by atoms with Crippen molar-refractivity contribution in [2.75, 3.05) is 11.9 Å². The van der Waals surface area contributed by atoms with Crippen LogP contribution in [0.1, 0.15) is 41.1 Å². The summed E-state index contributed by atoms with van der Waals surface area (Å²) >= 11 is 9.37. The molecule has 0 radical (unpaired) electrons. The largest absolute Gasteiger partial charge is 0.352 e. The Labute approximate surface area is 235 Å². The van der Waals surface area contributed by atoms with Crippen LogP contribution < -0.4 is 10.6 Å². The van der Waals surface area contributed by atoms with Gasteiger partial charge in [-0.3, -0.25) is 9.78 Å². The van der Waals surface area contributed by atoms with Gasteiger partial charge in [-0.2, -0.15) is 0 Å². The van der Waals surface area contributed by atoms with Crippen molar-refractivity contribution in [3.8, 4) is 5.69 Å². The molecule has 2 atom stereocenters. The lowest BCUT2D eigenvalue weighted by Gasteiger charge is -2.28. The highest BCUT2D eigenvalue weighted by Gasteiger charge is 2.41. The normalized spacial score (nSPS) is 16.9. The fourth-order valence-corrected chi connectivity index (χ4v) is 5.78. The van der Waals surface area contributed by atoms with Gasteiger partial charge in [0.15, 0.2) is 5.11 Å². The van der Waals surface area contributed by atoms with Crippen molar-refractivity contribution >= 4 is 44.9 Å². The maximum Gasteiger partial charge on any atom is 0.226 e. The first kappa shape index (κ1) is 26.1. The Hall–Kier alpha value is -3.56. The molecule has 0 saturated carbocycles. The fraction of sp³-hybridized carbons (Fsp3) is 0.207. The second-order valence-corrected chi connectivity index (χ2v) is 10.6. The zero-order valence-electron chi connectivity index (χ0n) is 21.0. The Bertz CT molecular complexity index is 1470. The third-order valence-electron chi connectivity index (χ3n) is 6.76. The van der Waals surface area contributed by atoms with Crippen LogP contribution in [0.4, 0.5) is 10.1 Å². The number of aryl methyl sites for hydroxylation is 1. The van der Waals surface area contributed by atoms with Crippen molar-refractivity contribution in [1.29, 1.82) is 0 Å². The zero-order valence-corrected chi connectivity index (χ0v) is 23.4. The highest BCUT2D eigenvalue weighted by atomic mass is 79.9. The summed E-state index contributed by atoms with van der Waals surface area (Å²) in [6, 6.07) is 21.6. The number of carbonyl (C=O) groups is 1. The minimum atomic E-state index is -0.347. The number of thiocarbonyl (C=S) groups is 1. The zero-order chi connectivity index (χ0) is 26.8. The average molecular weight is 593 g/mol. The molecule has 2 aromatic carbocycles. The average Bonchev–Trinajstić information content (AvgIpc) is 3.39. The first-order valence-corrected chi connectivity index (χ1v) is 13.5. The maximum atomic E-state index is 13.2. The molecule has 4 aromatic rings. The summed E-state index contributed by atoms with van der Waals surface area (Å²) in [5.74, 6) is -0.514. The molecule has 0 bridgehead atoms. The maximum absolute atomic E-state index is 13.2. The van der Waals surface area contributed by atoms with Gasteiger partial charge >= 0.3 is 0 Å². The van der Waals surface area contributed by atoms with E-state index in [2.05, 4.69) is 73.1 Å². The molecular weight excluding hydrogens is 565 g/mol. The van der Waals surface area contributed by atoms with E-state index < -0.39 is 0 Å². The van der Waals surface area contributed by atoms with Crippen LogP contribution in [0.15, 0.2) is 83.5 Å². The van der Waals surface area contributed by atoms with E-state index >= 15 is 0 Å². The van der Waals surface area contributed by atoms with Crippen LogP contribution in [-0.4, -0.2) is 32.0 Å². The van der Waals surface area contributed by atoms with Crippen molar-refractivity contribution in [2.24, 2.45) is 0 Å². The number of hydrogen-bond acceptors (Lipinski definition) is 3. The predicted octanol–water partition coefficient (Wildman–Crippen LogP) is 6.39. The van der Waals surface area contributed by atoms with Crippen LogP contribution in [0.2, 0.25) is 0 Å². The summed E-state index contributed by atoms with van der Waals surface area (Å²) in [5.41, 5.74) is 5.81. The van der Waals surface area contributed by atoms with Gasteiger partial charge < -0.3 is 20.1 Å². The number of nitrogens with zero attached hydrogens (tertiary/aromatic N) is 3. The summed E-state index contributed by atoms with van der Waals surface area (Å²) < 4.78 is 16.5. The SMILES string of the molecule is Cc1cc([C@H]2[C@@H](c3ccccn3)NC(=S)N2CCC(=O)Nc2ccc(F)cc2)c(C)n1-c1cccc(Br)c1. The molecule has 1 fully saturated rings. The van der Waals surface area contributed by atoms with Crippen LogP contribution in [-0.2, 0) is 4.79 Å². The van der Waals surface area contributed by atoms with Gasteiger partial charge in [0.25, 0.3) is 0 Å². The van der Waals surface area contributed by atoms with Crippen molar-refractivity contribution in [3.63, 3.8) is 0 Å². The summed E-state index contributed by atoms with van der Waals surface area (Å²) in [6.45, 7) is 4.61. The van der Waals surface area contributed by atoms with Crippen molar-refractivity contribution in [1.82, 2.24) is 19.8 Å². The minimum Gasteiger partial charge on any atom is -0.352 e. The number of hydrogen-bond donors (Lipinski definition) is 2. The molecule has 5 rings (SSSR count). The van der Waals surface area contributed by atoms with Crippen LogP contribution in [0.3, 0.4) is 0 Å². The number of halogens is 2. The summed E-state index contributed by atoms with van der Waals surface area (Å²) in [5, 5.41) is 6.87. The number of benzene rings is 2. The molecule has 1 aliphatic heterocycles. The number of pyridine rings is 1. The quantitative estimate of drug-likeness (QED) is 0.244. The number of aromatic nitrogens is 2. The predicted molar refractivity (Wildman–Crippen MR) is 155 cm³/mol. The number of nitrogens with one attached hydrogen (secondary N) is 2. The van der Waals surface area contributed by atoms with Gasteiger partial charge in [-0.05, 0) is 92.3 Å². The second kappa shape index (κ2) is 11.0. The number of carbonyl (C=O) groups excluding carboxylic acids is 1. The van der Waals surface area contributed by atoms with Crippen LogP contribution in [0.25, 0.3) is 5.69 Å². The van der Waals surface area contributed by atoms with Gasteiger partial charge in [0.2, 0.25) is 5.91 Å². The lowest BCUT2D eigenvalue weighted by atomic mass is 9.96. The van der Waals surface area contributed by atoms with E-state index in [0.717, 1.165) is 32.8 Å². The Balaban J connectivity index is 1.46. The van der Waals surface area contributed by atoms with Crippen LogP contribution in [0, 0.1) is 19.7 Å². The molecule has 1 amide bonds. The summed E-state index contributed by atoms with van der Waals surface area (Å²) in [6.07, 6.45) is 2.00. The molecule has 0 aliphatic carbocycles. The molecule has 2 N–H and O–H groups in total. The minimum absolute atomic E-state index is 0.164. The number of anilines is 1. The van der Waals surface area contributed by atoms with E-state index in [4.69, 9.17) is 12.2 Å². The van der Waals surface area contributed by atoms with Gasteiger partial charge in [-0.15, -0.1) is 0 Å². The summed E-state index contributed by atoms with van der Waals surface area (Å²) in [4.78, 5) is 19.5. The lowest BCUT2D eigenvalue weighted by molar-refractivity contribution is -0.116. The molecule has 1 saturated heterocycles. The van der Waals surface area contributed by atoms with E-state index in [1.807, 2.05) is 30.3 Å². The van der Waals surface area contributed by atoms with Crippen molar-refractivity contribution in [3.05, 3.63) is 112 Å². The topological polar surface area (TPSA) is 62.2 Å². The van der Waals surface area contributed by atoms with Crippen LogP contribution >= 0.6 is 28.1 Å². The first-order valence-electron chi connectivity index (χ1n) is 12.3.